The van der Waals surface area contributed by atoms with Gasteiger partial charge in [-0.05, 0) is 81.2 Å². The summed E-state index contributed by atoms with van der Waals surface area (Å²) in [6.45, 7) is 3.88. The summed E-state index contributed by atoms with van der Waals surface area (Å²) in [6.07, 6.45) is 7.09. The van der Waals surface area contributed by atoms with E-state index in [1.165, 1.54) is 37.7 Å². The number of nitrogens with zero attached hydrogens (tertiary/aromatic N) is 2. The minimum Gasteiger partial charge on any atom is -0.351 e. The van der Waals surface area contributed by atoms with E-state index < -0.39 is 11.7 Å². The average molecular weight is 540 g/mol. The van der Waals surface area contributed by atoms with Gasteiger partial charge >= 0.3 is 0 Å². The average Bonchev–Trinajstić information content (AvgIpc) is 3.40. The maximum atomic E-state index is 13.2. The quantitative estimate of drug-likeness (QED) is 0.238. The van der Waals surface area contributed by atoms with E-state index in [0.717, 1.165) is 38.5 Å². The Bertz CT molecular complexity index is 1270. The number of nitrogens with one attached hydrogen (secondary N) is 3. The standard InChI is InChI=1S/C28H31ClFN5O3/c29-23-17-20(30)8-11-22(23)24(36)16-19-6-9-21(10-7-19)34-28(38)26-25(32-18-33-26)27(37)31-12-2-5-15-35-13-3-1-4-14-35/h6-11,17-18H,1-5,12-16H2,(H,31,37)(H,32,33)(H,34,38). The Morgan fingerprint density at radius 2 is 1.76 bits per heavy atom. The summed E-state index contributed by atoms with van der Waals surface area (Å²) < 4.78 is 13.2. The van der Waals surface area contributed by atoms with Crippen molar-refractivity contribution in [2.24, 2.45) is 0 Å². The Labute approximate surface area is 226 Å². The fourth-order valence-corrected chi connectivity index (χ4v) is 4.74. The number of carbonyl (C=O) groups is 3. The van der Waals surface area contributed by atoms with Crippen LogP contribution < -0.4 is 10.6 Å². The summed E-state index contributed by atoms with van der Waals surface area (Å²) in [4.78, 5) is 47.2. The molecule has 8 nitrogen and oxygen atoms in total. The number of rotatable bonds is 11. The van der Waals surface area contributed by atoms with Gasteiger partial charge in [-0.2, -0.15) is 0 Å². The van der Waals surface area contributed by atoms with Crippen molar-refractivity contribution in [1.82, 2.24) is 20.2 Å². The van der Waals surface area contributed by atoms with Crippen LogP contribution in [0.2, 0.25) is 5.02 Å². The van der Waals surface area contributed by atoms with E-state index in [1.54, 1.807) is 24.3 Å². The van der Waals surface area contributed by atoms with E-state index in [1.807, 2.05) is 0 Å². The Kier molecular flexibility index (Phi) is 9.62. The third-order valence-corrected chi connectivity index (χ3v) is 6.84. The van der Waals surface area contributed by atoms with Gasteiger partial charge in [0.15, 0.2) is 11.5 Å². The number of hydrogen-bond acceptors (Lipinski definition) is 5. The Hall–Kier alpha value is -3.56. The van der Waals surface area contributed by atoms with Crippen molar-refractivity contribution in [1.29, 1.82) is 0 Å². The normalized spacial score (nSPS) is 13.7. The Morgan fingerprint density at radius 3 is 2.50 bits per heavy atom. The molecule has 1 fully saturated rings. The summed E-state index contributed by atoms with van der Waals surface area (Å²) in [7, 11) is 0. The first-order chi connectivity index (χ1) is 18.4. The number of ketones is 1. The van der Waals surface area contributed by atoms with E-state index in [0.29, 0.717) is 17.8 Å². The number of aromatic amines is 1. The molecule has 1 aliphatic heterocycles. The number of H-pyrrole nitrogens is 1. The van der Waals surface area contributed by atoms with Crippen LogP contribution in [0, 0.1) is 5.82 Å². The van der Waals surface area contributed by atoms with Crippen LogP contribution in [0.4, 0.5) is 10.1 Å². The summed E-state index contributed by atoms with van der Waals surface area (Å²) in [5.74, 6) is -1.65. The van der Waals surface area contributed by atoms with Crippen LogP contribution in [0.3, 0.4) is 0 Å². The smallest absolute Gasteiger partial charge is 0.276 e. The highest BCUT2D eigenvalue weighted by Gasteiger charge is 2.20. The minimum absolute atomic E-state index is 0.000947. The van der Waals surface area contributed by atoms with Crippen LogP contribution in [-0.2, 0) is 6.42 Å². The number of aromatic nitrogens is 2. The lowest BCUT2D eigenvalue weighted by atomic mass is 10.0. The molecule has 0 spiro atoms. The van der Waals surface area contributed by atoms with E-state index in [4.69, 9.17) is 11.6 Å². The highest BCUT2D eigenvalue weighted by molar-refractivity contribution is 6.34. The SMILES string of the molecule is O=C(Cc1ccc(NC(=O)c2nc[nH]c2C(=O)NCCCCN2CCCCC2)cc1)c1ccc(F)cc1Cl. The first-order valence-electron chi connectivity index (χ1n) is 12.8. The zero-order valence-corrected chi connectivity index (χ0v) is 21.8. The summed E-state index contributed by atoms with van der Waals surface area (Å²) in [5, 5.41) is 5.65. The third-order valence-electron chi connectivity index (χ3n) is 6.52. The number of amides is 2. The number of unbranched alkanes of at least 4 members (excludes halogenated alkanes) is 1. The van der Waals surface area contributed by atoms with Crippen molar-refractivity contribution < 1.29 is 18.8 Å². The molecule has 0 unspecified atom stereocenters. The van der Waals surface area contributed by atoms with Crippen LogP contribution in [0.1, 0.15) is 69.0 Å². The molecular formula is C28H31ClFN5O3. The monoisotopic (exact) mass is 539 g/mol. The van der Waals surface area contributed by atoms with E-state index in [9.17, 15) is 18.8 Å². The molecular weight excluding hydrogens is 509 g/mol. The fourth-order valence-electron chi connectivity index (χ4n) is 4.47. The van der Waals surface area contributed by atoms with E-state index in [2.05, 4.69) is 25.5 Å². The molecule has 0 bridgehead atoms. The molecule has 3 aromatic rings. The predicted octanol–water partition coefficient (Wildman–Crippen LogP) is 4.88. The number of carbonyl (C=O) groups excluding carboxylic acids is 3. The minimum atomic E-state index is -0.525. The number of Topliss-reactive ketones (excluding diaryl/α,β-unsaturated/α-hetero) is 1. The molecule has 0 aliphatic carbocycles. The highest BCUT2D eigenvalue weighted by Crippen LogP contribution is 2.20. The molecule has 1 saturated heterocycles. The molecule has 1 aliphatic rings. The highest BCUT2D eigenvalue weighted by atomic mass is 35.5. The third kappa shape index (κ3) is 7.49. The zero-order chi connectivity index (χ0) is 26.9. The lowest BCUT2D eigenvalue weighted by molar-refractivity contribution is 0.0934. The van der Waals surface area contributed by atoms with Crippen molar-refractivity contribution in [2.75, 3.05) is 31.5 Å². The van der Waals surface area contributed by atoms with Gasteiger partial charge in [0.2, 0.25) is 0 Å². The van der Waals surface area contributed by atoms with E-state index >= 15 is 0 Å². The fraction of sp³-hybridized carbons (Fsp3) is 0.357. The van der Waals surface area contributed by atoms with Crippen molar-refractivity contribution in [3.8, 4) is 0 Å². The van der Waals surface area contributed by atoms with Gasteiger partial charge in [0.25, 0.3) is 11.8 Å². The number of halogens is 2. The molecule has 2 amide bonds. The number of imidazole rings is 1. The Morgan fingerprint density at radius 1 is 1.00 bits per heavy atom. The largest absolute Gasteiger partial charge is 0.351 e. The molecule has 2 heterocycles. The maximum absolute atomic E-state index is 13.2. The zero-order valence-electron chi connectivity index (χ0n) is 21.1. The van der Waals surface area contributed by atoms with Gasteiger partial charge in [-0.3, -0.25) is 14.4 Å². The molecule has 1 aromatic heterocycles. The molecule has 0 radical (unpaired) electrons. The van der Waals surface area contributed by atoms with Crippen LogP contribution in [-0.4, -0.2) is 58.6 Å². The second-order valence-corrected chi connectivity index (χ2v) is 9.77. The van der Waals surface area contributed by atoms with Crippen molar-refractivity contribution in [3.63, 3.8) is 0 Å². The Balaban J connectivity index is 1.25. The van der Waals surface area contributed by atoms with Gasteiger partial charge in [0.1, 0.15) is 11.5 Å². The molecule has 10 heteroatoms. The van der Waals surface area contributed by atoms with Gasteiger partial charge in [0.05, 0.1) is 11.3 Å². The van der Waals surface area contributed by atoms with Gasteiger partial charge in [-0.1, -0.05) is 30.2 Å². The van der Waals surface area contributed by atoms with Crippen LogP contribution >= 0.6 is 11.6 Å². The lowest BCUT2D eigenvalue weighted by Crippen LogP contribution is -2.31. The molecule has 38 heavy (non-hydrogen) atoms. The second kappa shape index (κ2) is 13.3. The van der Waals surface area contributed by atoms with Gasteiger partial charge in [-0.25, -0.2) is 9.37 Å². The molecule has 0 saturated carbocycles. The summed E-state index contributed by atoms with van der Waals surface area (Å²) in [6, 6.07) is 10.4. The summed E-state index contributed by atoms with van der Waals surface area (Å²) in [5.41, 5.74) is 1.54. The molecule has 4 rings (SSSR count). The van der Waals surface area contributed by atoms with Crippen molar-refractivity contribution in [2.45, 2.75) is 38.5 Å². The lowest BCUT2D eigenvalue weighted by Gasteiger charge is -2.26. The second-order valence-electron chi connectivity index (χ2n) is 9.37. The van der Waals surface area contributed by atoms with Crippen LogP contribution in [0.15, 0.2) is 48.8 Å². The van der Waals surface area contributed by atoms with Crippen molar-refractivity contribution in [3.05, 3.63) is 82.1 Å². The summed E-state index contributed by atoms with van der Waals surface area (Å²) >= 11 is 5.98. The predicted molar refractivity (Wildman–Crippen MR) is 144 cm³/mol. The molecule has 0 atom stereocenters. The van der Waals surface area contributed by atoms with Crippen LogP contribution in [0.5, 0.6) is 0 Å². The van der Waals surface area contributed by atoms with E-state index in [-0.39, 0.29) is 40.1 Å². The maximum Gasteiger partial charge on any atom is 0.276 e. The van der Waals surface area contributed by atoms with Crippen molar-refractivity contribution >= 4 is 34.9 Å². The topological polar surface area (TPSA) is 107 Å². The van der Waals surface area contributed by atoms with Crippen LogP contribution in [0.25, 0.3) is 0 Å². The number of hydrogen-bond donors (Lipinski definition) is 3. The number of likely N-dealkylation sites (tertiary alicyclic amines) is 1. The number of anilines is 1. The van der Waals surface area contributed by atoms with Gasteiger partial charge in [0, 0.05) is 24.2 Å². The molecule has 3 N–H and O–H groups in total. The van der Waals surface area contributed by atoms with Gasteiger partial charge in [-0.15, -0.1) is 0 Å². The first kappa shape index (κ1) is 27.5. The first-order valence-corrected chi connectivity index (χ1v) is 13.2. The number of benzene rings is 2. The molecule has 200 valence electrons. The van der Waals surface area contributed by atoms with Gasteiger partial charge < -0.3 is 20.5 Å². The number of piperidine rings is 1. The molecule has 2 aromatic carbocycles.